The number of aliphatic hydroxyl groups is 2. The molecule has 1 amide bonds. The molecule has 0 aromatic carbocycles. The number of nitrogens with one attached hydrogen (secondary N) is 1. The molecule has 232 valence electrons. The minimum absolute atomic E-state index is 0.0726. The molecule has 0 fully saturated rings. The van der Waals surface area contributed by atoms with Gasteiger partial charge in [0, 0.05) is 7.79 Å². The van der Waals surface area contributed by atoms with Gasteiger partial charge < -0.3 is 15.5 Å². The van der Waals surface area contributed by atoms with Crippen LogP contribution in [-0.2, 0) is 4.79 Å². The average molecular weight is 553 g/mol. The van der Waals surface area contributed by atoms with Crippen LogP contribution in [0.2, 0.25) is 0 Å². The number of hydrogen-bond acceptors (Lipinski definition) is 3. The fourth-order valence-electron chi connectivity index (χ4n) is 5.22. The third-order valence-corrected chi connectivity index (χ3v) is 7.92. The molecule has 0 bridgehead atoms. The average Bonchev–Trinajstić information content (AvgIpc) is 2.96. The van der Waals surface area contributed by atoms with Crippen molar-refractivity contribution in [3.05, 3.63) is 12.2 Å². The molecule has 4 heteroatoms. The number of amides is 1. The van der Waals surface area contributed by atoms with Crippen molar-refractivity contribution in [1.82, 2.24) is 5.32 Å². The monoisotopic (exact) mass is 553 g/mol. The van der Waals surface area contributed by atoms with Gasteiger partial charge in [0.05, 0.1) is 18.8 Å². The SMILES string of the molecule is [2H]CCCCCCCCCCCCCCCCC(=O)N[C@@H](CO)[C@H](O)/C=C/CCCCCCCCCCCCC. The maximum Gasteiger partial charge on any atom is 0.220 e. The zero-order valence-electron chi connectivity index (χ0n) is 27.1. The van der Waals surface area contributed by atoms with E-state index in [9.17, 15) is 15.0 Å². The van der Waals surface area contributed by atoms with Gasteiger partial charge in [0.1, 0.15) is 0 Å². The first-order valence-corrected chi connectivity index (χ1v) is 17.2. The summed E-state index contributed by atoms with van der Waals surface area (Å²) in [6.07, 6.45) is 36.2. The molecule has 4 nitrogen and oxygen atoms in total. The van der Waals surface area contributed by atoms with Crippen molar-refractivity contribution in [2.45, 2.75) is 199 Å². The molecule has 0 spiro atoms. The highest BCUT2D eigenvalue weighted by Crippen LogP contribution is 2.14. The predicted octanol–water partition coefficient (Wildman–Crippen LogP) is 9.95. The third kappa shape index (κ3) is 28.5. The van der Waals surface area contributed by atoms with Gasteiger partial charge in [-0.1, -0.05) is 174 Å². The highest BCUT2D eigenvalue weighted by molar-refractivity contribution is 5.76. The lowest BCUT2D eigenvalue weighted by Crippen LogP contribution is -2.45. The van der Waals surface area contributed by atoms with Crippen LogP contribution in [0.5, 0.6) is 0 Å². The Morgan fingerprint density at radius 2 is 1.08 bits per heavy atom. The summed E-state index contributed by atoms with van der Waals surface area (Å²) in [5.41, 5.74) is 0. The van der Waals surface area contributed by atoms with Crippen molar-refractivity contribution in [3.8, 4) is 0 Å². The van der Waals surface area contributed by atoms with Gasteiger partial charge >= 0.3 is 0 Å². The van der Waals surface area contributed by atoms with E-state index in [4.69, 9.17) is 1.37 Å². The summed E-state index contributed by atoms with van der Waals surface area (Å²) in [7, 11) is 0. The summed E-state index contributed by atoms with van der Waals surface area (Å²) >= 11 is 0. The van der Waals surface area contributed by atoms with Crippen LogP contribution in [0.3, 0.4) is 0 Å². The quantitative estimate of drug-likeness (QED) is 0.0592. The first kappa shape index (κ1) is 36.2. The van der Waals surface area contributed by atoms with Gasteiger partial charge in [-0.25, -0.2) is 0 Å². The zero-order valence-corrected chi connectivity index (χ0v) is 26.1. The summed E-state index contributed by atoms with van der Waals surface area (Å²) in [5.74, 6) is -0.0726. The fraction of sp³-hybridized carbons (Fsp3) is 0.914. The Bertz CT molecular complexity index is 543. The summed E-state index contributed by atoms with van der Waals surface area (Å²) in [6.45, 7) is 2.60. The molecule has 0 rings (SSSR count). The van der Waals surface area contributed by atoms with Gasteiger partial charge in [-0.05, 0) is 19.3 Å². The van der Waals surface area contributed by atoms with Gasteiger partial charge in [0.2, 0.25) is 5.91 Å². The minimum Gasteiger partial charge on any atom is -0.394 e. The van der Waals surface area contributed by atoms with Gasteiger partial charge in [0.25, 0.3) is 0 Å². The lowest BCUT2D eigenvalue weighted by atomic mass is 10.0. The maximum absolute atomic E-state index is 12.3. The largest absolute Gasteiger partial charge is 0.394 e. The number of hydrogen-bond donors (Lipinski definition) is 3. The van der Waals surface area contributed by atoms with Crippen LogP contribution in [0, 0.1) is 0 Å². The molecule has 0 heterocycles. The molecule has 0 saturated heterocycles. The van der Waals surface area contributed by atoms with Crippen LogP contribution in [0.4, 0.5) is 0 Å². The van der Waals surface area contributed by atoms with Crippen molar-refractivity contribution in [1.29, 1.82) is 0 Å². The summed E-state index contributed by atoms with van der Waals surface area (Å²) in [4.78, 5) is 12.3. The standard InChI is InChI=1S/C35H69NO3/c1-3-5-7-9-11-13-15-17-19-21-23-25-27-29-31-35(39)36-33(32-37)34(38)30-28-26-24-22-20-18-16-14-12-10-8-6-4-2/h28,30,33-34,37-38H,3-27,29,31-32H2,1-2H3,(H,36,39)/b30-28+/t33-,34+/m0/s1/i1D. The van der Waals surface area contributed by atoms with Crippen molar-refractivity contribution < 1.29 is 16.4 Å². The van der Waals surface area contributed by atoms with E-state index in [1.165, 1.54) is 135 Å². The number of aliphatic hydroxyl groups excluding tert-OH is 2. The Morgan fingerprint density at radius 1 is 0.667 bits per heavy atom. The van der Waals surface area contributed by atoms with Gasteiger partial charge in [-0.3, -0.25) is 4.79 Å². The molecule has 0 aromatic rings. The minimum atomic E-state index is -0.838. The van der Waals surface area contributed by atoms with E-state index in [-0.39, 0.29) is 12.5 Å². The molecule has 2 atom stereocenters. The van der Waals surface area contributed by atoms with Crippen LogP contribution < -0.4 is 5.32 Å². The molecular formula is C35H69NO3. The molecule has 0 saturated carbocycles. The topological polar surface area (TPSA) is 69.6 Å². The first-order chi connectivity index (χ1) is 19.7. The van der Waals surface area contributed by atoms with E-state index < -0.39 is 12.1 Å². The Morgan fingerprint density at radius 3 is 1.51 bits per heavy atom. The summed E-state index contributed by atoms with van der Waals surface area (Å²) < 4.78 is 7.15. The molecule has 0 aliphatic heterocycles. The van der Waals surface area contributed by atoms with E-state index in [1.54, 1.807) is 6.08 Å². The second-order valence-corrected chi connectivity index (χ2v) is 11.8. The van der Waals surface area contributed by atoms with Crippen LogP contribution in [0.1, 0.15) is 189 Å². The Hall–Kier alpha value is -0.870. The van der Waals surface area contributed by atoms with Gasteiger partial charge in [-0.15, -0.1) is 0 Å². The van der Waals surface area contributed by atoms with E-state index in [0.29, 0.717) is 13.3 Å². The second kappa shape index (κ2) is 31.7. The molecule has 0 aliphatic carbocycles. The number of rotatable bonds is 31. The number of unbranched alkanes of at least 4 members (excludes halogenated alkanes) is 24. The molecule has 3 N–H and O–H groups in total. The van der Waals surface area contributed by atoms with Crippen molar-refractivity contribution in [2.24, 2.45) is 0 Å². The molecule has 0 aromatic heterocycles. The fourth-order valence-corrected chi connectivity index (χ4v) is 5.22. The third-order valence-electron chi connectivity index (χ3n) is 7.92. The molecule has 0 radical (unpaired) electrons. The Labute approximate surface area is 245 Å². The number of carbonyl (C=O) groups is 1. The first-order valence-electron chi connectivity index (χ1n) is 17.9. The van der Waals surface area contributed by atoms with E-state index >= 15 is 0 Å². The summed E-state index contributed by atoms with van der Waals surface area (Å²) in [5, 5.41) is 22.8. The molecular weight excluding hydrogens is 482 g/mol. The predicted molar refractivity (Wildman–Crippen MR) is 170 cm³/mol. The van der Waals surface area contributed by atoms with Crippen molar-refractivity contribution in [2.75, 3.05) is 6.61 Å². The zero-order chi connectivity index (χ0) is 29.4. The Kier molecular flexibility index (Phi) is 29.3. The lowest BCUT2D eigenvalue weighted by Gasteiger charge is -2.20. The van der Waals surface area contributed by atoms with E-state index in [1.807, 2.05) is 6.08 Å². The van der Waals surface area contributed by atoms with Crippen LogP contribution in [-0.4, -0.2) is 34.9 Å². The lowest BCUT2D eigenvalue weighted by molar-refractivity contribution is -0.123. The van der Waals surface area contributed by atoms with Crippen LogP contribution in [0.15, 0.2) is 12.2 Å². The van der Waals surface area contributed by atoms with Gasteiger partial charge in [0.15, 0.2) is 0 Å². The number of allylic oxidation sites excluding steroid dienone is 1. The second-order valence-electron chi connectivity index (χ2n) is 11.8. The molecule has 39 heavy (non-hydrogen) atoms. The molecule has 0 aliphatic rings. The number of carbonyl (C=O) groups excluding carboxylic acids is 1. The Balaban J connectivity index is 3.60. The van der Waals surface area contributed by atoms with E-state index in [0.717, 1.165) is 32.1 Å². The highest BCUT2D eigenvalue weighted by atomic mass is 16.3. The van der Waals surface area contributed by atoms with Crippen LogP contribution >= 0.6 is 0 Å². The maximum atomic E-state index is 12.3. The summed E-state index contributed by atoms with van der Waals surface area (Å²) in [6, 6.07) is -0.621. The van der Waals surface area contributed by atoms with E-state index in [2.05, 4.69) is 12.2 Å². The smallest absolute Gasteiger partial charge is 0.220 e. The normalized spacial score (nSPS) is 13.6. The van der Waals surface area contributed by atoms with Crippen LogP contribution in [0.25, 0.3) is 0 Å². The van der Waals surface area contributed by atoms with Crippen molar-refractivity contribution >= 4 is 5.91 Å². The molecule has 0 unspecified atom stereocenters. The van der Waals surface area contributed by atoms with Gasteiger partial charge in [-0.2, -0.15) is 0 Å². The van der Waals surface area contributed by atoms with Crippen molar-refractivity contribution in [3.63, 3.8) is 0 Å². The highest BCUT2D eigenvalue weighted by Gasteiger charge is 2.17.